The van der Waals surface area contributed by atoms with Gasteiger partial charge in [-0.05, 0) is 18.2 Å². The highest BCUT2D eigenvalue weighted by Gasteiger charge is 2.10. The smallest absolute Gasteiger partial charge is 0.178 e. The van der Waals surface area contributed by atoms with Gasteiger partial charge in [0.25, 0.3) is 0 Å². The van der Waals surface area contributed by atoms with Gasteiger partial charge in [-0.1, -0.05) is 23.2 Å². The Labute approximate surface area is 105 Å². The normalized spacial score (nSPS) is 11.1. The van der Waals surface area contributed by atoms with E-state index in [9.17, 15) is 0 Å². The molecule has 0 radical (unpaired) electrons. The largest absolute Gasteiger partial charge is 0.282 e. The van der Waals surface area contributed by atoms with Crippen molar-refractivity contribution in [1.82, 2.24) is 14.6 Å². The number of hydrogen-bond acceptors (Lipinski definition) is 3. The summed E-state index contributed by atoms with van der Waals surface area (Å²) >= 11 is 13.2. The first-order chi connectivity index (χ1) is 7.74. The minimum atomic E-state index is 0.649. The van der Waals surface area contributed by atoms with E-state index in [4.69, 9.17) is 23.2 Å². The fraction of sp³-hybridized carbons (Fsp3) is 0. The second-order valence-electron chi connectivity index (χ2n) is 3.20. The van der Waals surface area contributed by atoms with E-state index in [0.29, 0.717) is 5.02 Å². The molecule has 0 fully saturated rings. The lowest BCUT2D eigenvalue weighted by atomic mass is 10.4. The highest BCUT2D eigenvalue weighted by atomic mass is 35.5. The maximum Gasteiger partial charge on any atom is 0.178 e. The summed E-state index contributed by atoms with van der Waals surface area (Å²) in [5, 5.41) is 8.83. The highest BCUT2D eigenvalue weighted by Crippen LogP contribution is 2.30. The zero-order valence-corrected chi connectivity index (χ0v) is 10.2. The molecule has 3 heterocycles. The van der Waals surface area contributed by atoms with Crippen LogP contribution >= 0.6 is 34.5 Å². The third kappa shape index (κ3) is 1.59. The molecular formula is C10H5Cl2N3S. The van der Waals surface area contributed by atoms with Crippen LogP contribution in [0, 0.1) is 0 Å². The van der Waals surface area contributed by atoms with Gasteiger partial charge in [-0.3, -0.25) is 4.40 Å². The van der Waals surface area contributed by atoms with E-state index in [2.05, 4.69) is 10.2 Å². The van der Waals surface area contributed by atoms with Crippen LogP contribution < -0.4 is 0 Å². The Morgan fingerprint density at radius 3 is 2.75 bits per heavy atom. The van der Waals surface area contributed by atoms with Crippen LogP contribution in [0.25, 0.3) is 16.3 Å². The summed E-state index contributed by atoms with van der Waals surface area (Å²) < 4.78 is 2.62. The Kier molecular flexibility index (Phi) is 2.35. The first kappa shape index (κ1) is 10.1. The molecule has 0 N–H and O–H groups in total. The second-order valence-corrected chi connectivity index (χ2v) is 5.35. The van der Waals surface area contributed by atoms with E-state index >= 15 is 0 Å². The van der Waals surface area contributed by atoms with E-state index in [1.54, 1.807) is 12.1 Å². The minimum Gasteiger partial charge on any atom is -0.282 e. The summed E-state index contributed by atoms with van der Waals surface area (Å²) in [5.41, 5.74) is 0.729. The van der Waals surface area contributed by atoms with Gasteiger partial charge in [0.05, 0.1) is 9.21 Å². The molecule has 0 saturated carbocycles. The zero-order valence-electron chi connectivity index (χ0n) is 7.89. The molecule has 0 saturated heterocycles. The van der Waals surface area contributed by atoms with Crippen LogP contribution in [0.2, 0.25) is 9.36 Å². The van der Waals surface area contributed by atoms with Gasteiger partial charge in [0, 0.05) is 17.3 Å². The second kappa shape index (κ2) is 3.73. The maximum atomic E-state index is 5.89. The Morgan fingerprint density at radius 1 is 1.12 bits per heavy atom. The zero-order chi connectivity index (χ0) is 11.1. The van der Waals surface area contributed by atoms with Crippen molar-refractivity contribution >= 4 is 40.2 Å². The van der Waals surface area contributed by atoms with Crippen LogP contribution in [0.1, 0.15) is 0 Å². The van der Waals surface area contributed by atoms with Crippen LogP contribution in [-0.4, -0.2) is 14.6 Å². The van der Waals surface area contributed by atoms with E-state index in [-0.39, 0.29) is 0 Å². The number of rotatable bonds is 1. The van der Waals surface area contributed by atoms with E-state index in [0.717, 1.165) is 20.7 Å². The van der Waals surface area contributed by atoms with Crippen molar-refractivity contribution in [2.24, 2.45) is 0 Å². The van der Waals surface area contributed by atoms with Crippen molar-refractivity contribution in [3.8, 4) is 10.7 Å². The number of nitrogens with zero attached hydrogens (tertiary/aromatic N) is 3. The van der Waals surface area contributed by atoms with Gasteiger partial charge in [0.2, 0.25) is 0 Å². The molecule has 3 aromatic heterocycles. The maximum absolute atomic E-state index is 5.89. The fourth-order valence-electron chi connectivity index (χ4n) is 1.47. The first-order valence-electron chi connectivity index (χ1n) is 4.50. The topological polar surface area (TPSA) is 30.2 Å². The standard InChI is InChI=1S/C10H5Cl2N3S/c11-6-3-4-15-9(5-6)13-14-10(15)7-1-2-8(12)16-7/h1-5H. The number of pyridine rings is 1. The molecule has 3 aromatic rings. The lowest BCUT2D eigenvalue weighted by molar-refractivity contribution is 1.12. The van der Waals surface area contributed by atoms with Gasteiger partial charge in [0.15, 0.2) is 11.5 Å². The molecule has 3 rings (SSSR count). The molecule has 3 nitrogen and oxygen atoms in total. The van der Waals surface area contributed by atoms with E-state index < -0.39 is 0 Å². The van der Waals surface area contributed by atoms with Crippen molar-refractivity contribution < 1.29 is 0 Å². The van der Waals surface area contributed by atoms with E-state index in [1.165, 1.54) is 11.3 Å². The lowest BCUT2D eigenvalue weighted by Gasteiger charge is -1.96. The summed E-state index contributed by atoms with van der Waals surface area (Å²) in [6.45, 7) is 0. The molecule has 0 aliphatic carbocycles. The van der Waals surface area contributed by atoms with Crippen LogP contribution in [0.15, 0.2) is 30.5 Å². The average molecular weight is 270 g/mol. The monoisotopic (exact) mass is 269 g/mol. The van der Waals surface area contributed by atoms with Gasteiger partial charge in [-0.15, -0.1) is 21.5 Å². The van der Waals surface area contributed by atoms with Gasteiger partial charge in [-0.25, -0.2) is 0 Å². The van der Waals surface area contributed by atoms with Crippen molar-refractivity contribution in [2.75, 3.05) is 0 Å². The molecule has 80 valence electrons. The van der Waals surface area contributed by atoms with Gasteiger partial charge < -0.3 is 0 Å². The summed E-state index contributed by atoms with van der Waals surface area (Å²) in [7, 11) is 0. The molecule has 0 aliphatic heterocycles. The number of hydrogen-bond donors (Lipinski definition) is 0. The molecule has 0 bridgehead atoms. The summed E-state index contributed by atoms with van der Waals surface area (Å²) in [4.78, 5) is 0.986. The minimum absolute atomic E-state index is 0.649. The van der Waals surface area contributed by atoms with Crippen LogP contribution in [0.4, 0.5) is 0 Å². The summed E-state index contributed by atoms with van der Waals surface area (Å²) in [6.07, 6.45) is 1.85. The predicted molar refractivity (Wildman–Crippen MR) is 66.3 cm³/mol. The van der Waals surface area contributed by atoms with Gasteiger partial charge >= 0.3 is 0 Å². The van der Waals surface area contributed by atoms with Crippen LogP contribution in [0.3, 0.4) is 0 Å². The van der Waals surface area contributed by atoms with Crippen LogP contribution in [0.5, 0.6) is 0 Å². The number of halogens is 2. The molecule has 16 heavy (non-hydrogen) atoms. The molecule has 0 aliphatic rings. The molecule has 0 atom stereocenters. The lowest BCUT2D eigenvalue weighted by Crippen LogP contribution is -1.86. The summed E-state index contributed by atoms with van der Waals surface area (Å²) in [6, 6.07) is 7.35. The van der Waals surface area contributed by atoms with Gasteiger partial charge in [-0.2, -0.15) is 0 Å². The Bertz CT molecular complexity index is 659. The average Bonchev–Trinajstić information content (AvgIpc) is 2.83. The molecule has 6 heteroatoms. The molecule has 0 unspecified atom stereocenters. The van der Waals surface area contributed by atoms with Crippen molar-refractivity contribution in [1.29, 1.82) is 0 Å². The quantitative estimate of drug-likeness (QED) is 0.673. The van der Waals surface area contributed by atoms with E-state index in [1.807, 2.05) is 22.7 Å². The highest BCUT2D eigenvalue weighted by molar-refractivity contribution is 7.19. The SMILES string of the molecule is Clc1ccn2c(-c3ccc(Cl)s3)nnc2c1. The first-order valence-corrected chi connectivity index (χ1v) is 6.07. The number of aromatic nitrogens is 3. The predicted octanol–water partition coefficient (Wildman–Crippen LogP) is 3.76. The van der Waals surface area contributed by atoms with Crippen molar-refractivity contribution in [3.05, 3.63) is 39.8 Å². The summed E-state index contributed by atoms with van der Waals surface area (Å²) in [5.74, 6) is 0.781. The molecular weight excluding hydrogens is 265 g/mol. The molecule has 0 aromatic carbocycles. The van der Waals surface area contributed by atoms with Crippen molar-refractivity contribution in [3.63, 3.8) is 0 Å². The van der Waals surface area contributed by atoms with Gasteiger partial charge in [0.1, 0.15) is 0 Å². The van der Waals surface area contributed by atoms with Crippen molar-refractivity contribution in [2.45, 2.75) is 0 Å². The Hall–Kier alpha value is -1.10. The van der Waals surface area contributed by atoms with Crippen LogP contribution in [-0.2, 0) is 0 Å². The fourth-order valence-corrected chi connectivity index (χ4v) is 2.65. The number of thiophene rings is 1. The number of fused-ring (bicyclic) bond motifs is 1. The third-order valence-electron chi connectivity index (χ3n) is 2.17. The Balaban J connectivity index is 2.25. The molecule has 0 spiro atoms. The third-order valence-corrected chi connectivity index (χ3v) is 3.63. The molecule has 0 amide bonds. The Morgan fingerprint density at radius 2 is 2.00 bits per heavy atom.